The van der Waals surface area contributed by atoms with E-state index in [1.165, 1.54) is 32.8 Å². The third-order valence-corrected chi connectivity index (χ3v) is 6.89. The highest BCUT2D eigenvalue weighted by Crippen LogP contribution is 2.39. The van der Waals surface area contributed by atoms with E-state index in [2.05, 4.69) is 20.5 Å². The third kappa shape index (κ3) is 4.14. The minimum Gasteiger partial charge on any atom is -0.462 e. The molecule has 0 atom stereocenters. The molecule has 0 radical (unpaired) electrons. The van der Waals surface area contributed by atoms with Gasteiger partial charge in [-0.25, -0.2) is 14.3 Å². The summed E-state index contributed by atoms with van der Waals surface area (Å²) in [5.41, 5.74) is 2.02. The lowest BCUT2D eigenvalue weighted by Gasteiger charge is -2.12. The summed E-state index contributed by atoms with van der Waals surface area (Å²) in [6.07, 6.45) is 6.52. The van der Waals surface area contributed by atoms with Crippen LogP contribution in [0.1, 0.15) is 51.1 Å². The van der Waals surface area contributed by atoms with Crippen molar-refractivity contribution in [3.05, 3.63) is 56.3 Å². The molecule has 0 saturated heterocycles. The molecule has 0 aliphatic heterocycles. The van der Waals surface area contributed by atoms with Crippen LogP contribution in [0.15, 0.2) is 24.5 Å². The third-order valence-electron chi connectivity index (χ3n) is 5.68. The van der Waals surface area contributed by atoms with E-state index in [1.807, 2.05) is 0 Å². The van der Waals surface area contributed by atoms with Gasteiger partial charge >= 0.3 is 11.7 Å². The molecule has 1 aliphatic rings. The zero-order chi connectivity index (χ0) is 24.7. The second-order valence-electron chi connectivity index (χ2n) is 8.03. The summed E-state index contributed by atoms with van der Waals surface area (Å²) in [5.74, 6) is -0.939. The Bertz CT molecular complexity index is 1480. The van der Waals surface area contributed by atoms with E-state index in [4.69, 9.17) is 4.74 Å². The summed E-state index contributed by atoms with van der Waals surface area (Å²) < 4.78 is 7.99. The molecule has 1 N–H and O–H groups in total. The molecule has 0 unspecified atom stereocenters. The smallest absolute Gasteiger partial charge is 0.341 e. The molecule has 0 fully saturated rings. The fraction of sp³-hybridized carbons (Fsp3) is 0.318. The Labute approximate surface area is 202 Å². The Hall–Kier alpha value is -4.13. The Balaban J connectivity index is 1.46. The number of nitrogens with zero attached hydrogens (tertiary/aromatic N) is 6. The van der Waals surface area contributed by atoms with Crippen LogP contribution in [-0.2, 0) is 24.6 Å². The van der Waals surface area contributed by atoms with Crippen molar-refractivity contribution in [1.29, 1.82) is 0 Å². The summed E-state index contributed by atoms with van der Waals surface area (Å²) >= 11 is 1.39. The molecule has 1 amide bonds. The maximum Gasteiger partial charge on any atom is 0.341 e. The van der Waals surface area contributed by atoms with Crippen molar-refractivity contribution in [2.75, 3.05) is 11.9 Å². The van der Waals surface area contributed by atoms with Crippen LogP contribution in [-0.4, -0.2) is 47.8 Å². The molecule has 12 nitrogen and oxygen atoms in total. The molecule has 4 heterocycles. The van der Waals surface area contributed by atoms with Gasteiger partial charge in [-0.2, -0.15) is 10.2 Å². The van der Waals surface area contributed by atoms with Gasteiger partial charge < -0.3 is 10.1 Å². The number of rotatable bonds is 6. The number of aromatic nitrogens is 5. The first-order chi connectivity index (χ1) is 16.9. The van der Waals surface area contributed by atoms with Crippen LogP contribution < -0.4 is 5.32 Å². The molecular formula is C22H21N7O5S. The maximum absolute atomic E-state index is 13.1. The molecule has 35 heavy (non-hydrogen) atoms. The number of hydrogen-bond donors (Lipinski definition) is 1. The number of aryl methyl sites for hydroxylation is 2. The average molecular weight is 496 g/mol. The Morgan fingerprint density at radius 3 is 2.86 bits per heavy atom. The number of nitro groups is 1. The van der Waals surface area contributed by atoms with Crippen molar-refractivity contribution >= 4 is 39.5 Å². The predicted molar refractivity (Wildman–Crippen MR) is 127 cm³/mol. The monoisotopic (exact) mass is 495 g/mol. The van der Waals surface area contributed by atoms with Crippen molar-refractivity contribution in [3.63, 3.8) is 0 Å². The van der Waals surface area contributed by atoms with Crippen molar-refractivity contribution < 1.29 is 19.2 Å². The van der Waals surface area contributed by atoms with E-state index in [-0.39, 0.29) is 29.4 Å². The van der Waals surface area contributed by atoms with Gasteiger partial charge in [0.15, 0.2) is 17.0 Å². The number of thiophene rings is 1. The minimum absolute atomic E-state index is 0.0892. The standard InChI is InChI=1S/C22H21N7O5S/c1-3-34-22(31)18-12-6-4-5-7-16(12)35-21(18)24-20(30)14-10-17-23-13(8-9-28(17)25-14)19-15(29(32)33)11-27(2)26-19/h8-11H,3-7H2,1-2H3,(H,24,30). The molecule has 4 aromatic rings. The molecule has 13 heteroatoms. The van der Waals surface area contributed by atoms with Gasteiger partial charge in [0.05, 0.1) is 17.1 Å². The van der Waals surface area contributed by atoms with Gasteiger partial charge in [-0.1, -0.05) is 0 Å². The zero-order valence-corrected chi connectivity index (χ0v) is 19.8. The van der Waals surface area contributed by atoms with E-state index in [1.54, 1.807) is 26.2 Å². The van der Waals surface area contributed by atoms with E-state index in [9.17, 15) is 19.7 Å². The number of carbonyl (C=O) groups excluding carboxylic acids is 2. The largest absolute Gasteiger partial charge is 0.462 e. The summed E-state index contributed by atoms with van der Waals surface area (Å²) in [6, 6.07) is 3.02. The Morgan fingerprint density at radius 2 is 2.09 bits per heavy atom. The Kier molecular flexibility index (Phi) is 5.76. The molecule has 1 aliphatic carbocycles. The van der Waals surface area contributed by atoms with Crippen LogP contribution >= 0.6 is 11.3 Å². The fourth-order valence-corrected chi connectivity index (χ4v) is 5.43. The second kappa shape index (κ2) is 8.91. The van der Waals surface area contributed by atoms with Crippen molar-refractivity contribution in [1.82, 2.24) is 24.4 Å². The van der Waals surface area contributed by atoms with E-state index >= 15 is 0 Å². The van der Waals surface area contributed by atoms with E-state index < -0.39 is 16.8 Å². The summed E-state index contributed by atoms with van der Waals surface area (Å²) in [7, 11) is 1.59. The lowest BCUT2D eigenvalue weighted by Crippen LogP contribution is -2.16. The number of carbonyl (C=O) groups is 2. The quantitative estimate of drug-likeness (QED) is 0.243. The lowest BCUT2D eigenvalue weighted by atomic mass is 9.95. The van der Waals surface area contributed by atoms with Gasteiger partial charge in [-0.05, 0) is 44.2 Å². The summed E-state index contributed by atoms with van der Waals surface area (Å²) in [5, 5.41) is 23.0. The van der Waals surface area contributed by atoms with Gasteiger partial charge in [0.1, 0.15) is 16.9 Å². The van der Waals surface area contributed by atoms with E-state index in [0.29, 0.717) is 16.2 Å². The van der Waals surface area contributed by atoms with Crippen LogP contribution in [0.3, 0.4) is 0 Å². The van der Waals surface area contributed by atoms with Crippen molar-refractivity contribution in [2.24, 2.45) is 7.05 Å². The molecule has 0 bridgehead atoms. The van der Waals surface area contributed by atoms with Crippen LogP contribution in [0.5, 0.6) is 0 Å². The number of fused-ring (bicyclic) bond motifs is 2. The number of esters is 1. The predicted octanol–water partition coefficient (Wildman–Crippen LogP) is 3.41. The minimum atomic E-state index is -0.523. The van der Waals surface area contributed by atoms with Gasteiger partial charge in [-0.15, -0.1) is 11.3 Å². The highest BCUT2D eigenvalue weighted by molar-refractivity contribution is 7.17. The van der Waals surface area contributed by atoms with Gasteiger partial charge in [0, 0.05) is 24.2 Å². The molecular weight excluding hydrogens is 474 g/mol. The molecule has 4 aromatic heterocycles. The van der Waals surface area contributed by atoms with Crippen LogP contribution in [0, 0.1) is 10.1 Å². The summed E-state index contributed by atoms with van der Waals surface area (Å²) in [4.78, 5) is 42.0. The normalized spacial score (nSPS) is 13.0. The molecule has 0 aromatic carbocycles. The van der Waals surface area contributed by atoms with Crippen LogP contribution in [0.25, 0.3) is 17.0 Å². The molecule has 0 saturated carbocycles. The highest BCUT2D eigenvalue weighted by Gasteiger charge is 2.28. The number of ether oxygens (including phenoxy) is 1. The molecule has 0 spiro atoms. The number of amides is 1. The van der Waals surface area contributed by atoms with Crippen LogP contribution in [0.4, 0.5) is 10.7 Å². The Morgan fingerprint density at radius 1 is 1.29 bits per heavy atom. The topological polar surface area (TPSA) is 147 Å². The fourth-order valence-electron chi connectivity index (χ4n) is 4.15. The maximum atomic E-state index is 13.1. The average Bonchev–Trinajstić information content (AvgIpc) is 3.52. The highest BCUT2D eigenvalue weighted by atomic mass is 32.1. The number of hydrogen-bond acceptors (Lipinski definition) is 9. The summed E-state index contributed by atoms with van der Waals surface area (Å²) in [6.45, 7) is 1.98. The molecule has 180 valence electrons. The number of nitrogens with one attached hydrogen (secondary N) is 1. The van der Waals surface area contributed by atoms with Crippen molar-refractivity contribution in [2.45, 2.75) is 32.6 Å². The zero-order valence-electron chi connectivity index (χ0n) is 19.0. The lowest BCUT2D eigenvalue weighted by molar-refractivity contribution is -0.384. The van der Waals surface area contributed by atoms with Gasteiger partial charge in [-0.3, -0.25) is 19.6 Å². The first-order valence-corrected chi connectivity index (χ1v) is 11.8. The van der Waals surface area contributed by atoms with Gasteiger partial charge in [0.25, 0.3) is 5.91 Å². The first-order valence-electron chi connectivity index (χ1n) is 11.0. The van der Waals surface area contributed by atoms with E-state index in [0.717, 1.165) is 36.1 Å². The second-order valence-corrected chi connectivity index (χ2v) is 9.13. The number of anilines is 1. The molecule has 5 rings (SSSR count). The van der Waals surface area contributed by atoms with Gasteiger partial charge in [0.2, 0.25) is 0 Å². The van der Waals surface area contributed by atoms with Crippen molar-refractivity contribution in [3.8, 4) is 11.4 Å². The first kappa shape index (κ1) is 22.7. The van der Waals surface area contributed by atoms with Crippen LogP contribution in [0.2, 0.25) is 0 Å². The SMILES string of the molecule is CCOC(=O)c1c(NC(=O)c2cc3nc(-c4nn(C)cc4[N+](=O)[O-])ccn3n2)sc2c1CCCC2.